The fraction of sp³-hybridized carbons (Fsp3) is 0.379. The molecule has 1 aliphatic carbocycles. The Bertz CT molecular complexity index is 1460. The van der Waals surface area contributed by atoms with Gasteiger partial charge >= 0.3 is 0 Å². The van der Waals surface area contributed by atoms with Crippen LogP contribution >= 0.6 is 0 Å². The summed E-state index contributed by atoms with van der Waals surface area (Å²) in [7, 11) is 3.59. The van der Waals surface area contributed by atoms with E-state index in [2.05, 4.69) is 69.8 Å². The smallest absolute Gasteiger partial charge is 0.258 e. The summed E-state index contributed by atoms with van der Waals surface area (Å²) in [5.41, 5.74) is 3.28. The van der Waals surface area contributed by atoms with Gasteiger partial charge in [0, 0.05) is 45.0 Å². The highest BCUT2D eigenvalue weighted by Gasteiger charge is 2.47. The molecule has 1 aromatic heterocycles. The Hall–Kier alpha value is -3.18. The lowest BCUT2D eigenvalue weighted by atomic mass is 9.63. The highest BCUT2D eigenvalue weighted by molar-refractivity contribution is 6.09. The maximum Gasteiger partial charge on any atom is 0.258 e. The second kappa shape index (κ2) is 8.24. The zero-order chi connectivity index (χ0) is 23.4. The van der Waals surface area contributed by atoms with Gasteiger partial charge in [-0.05, 0) is 64.6 Å². The van der Waals surface area contributed by atoms with Crippen molar-refractivity contribution in [1.29, 1.82) is 0 Å². The second-order valence-electron chi connectivity index (χ2n) is 10.1. The molecule has 3 atom stereocenters. The average molecular weight is 453 g/mol. The lowest BCUT2D eigenvalue weighted by Gasteiger charge is -2.40. The van der Waals surface area contributed by atoms with Gasteiger partial charge in [-0.1, -0.05) is 54.6 Å². The molecule has 1 N–H and O–H groups in total. The van der Waals surface area contributed by atoms with Crippen LogP contribution in [-0.4, -0.2) is 41.1 Å². The molecular weight excluding hydrogens is 420 g/mol. The first kappa shape index (κ1) is 21.4. The average Bonchev–Trinajstić information content (AvgIpc) is 3.17. The molecular formula is C29H32N4O. The summed E-state index contributed by atoms with van der Waals surface area (Å²) in [6.45, 7) is 5.15. The zero-order valence-electron chi connectivity index (χ0n) is 20.2. The van der Waals surface area contributed by atoms with Crippen molar-refractivity contribution >= 4 is 27.5 Å². The Morgan fingerprint density at radius 3 is 2.56 bits per heavy atom. The van der Waals surface area contributed by atoms with Crippen molar-refractivity contribution in [1.82, 2.24) is 14.5 Å². The summed E-state index contributed by atoms with van der Waals surface area (Å²) < 4.78 is 1.62. The maximum atomic E-state index is 12.8. The van der Waals surface area contributed by atoms with Gasteiger partial charge < -0.3 is 10.2 Å². The number of likely N-dealkylation sites (tertiary alicyclic amines) is 1. The van der Waals surface area contributed by atoms with Crippen molar-refractivity contribution < 1.29 is 0 Å². The molecule has 2 aliphatic rings. The number of fused-ring (bicyclic) bond motifs is 4. The van der Waals surface area contributed by atoms with Crippen LogP contribution in [0.25, 0.3) is 21.5 Å². The quantitative estimate of drug-likeness (QED) is 0.446. The van der Waals surface area contributed by atoms with Crippen LogP contribution in [-0.2, 0) is 13.5 Å². The van der Waals surface area contributed by atoms with Crippen LogP contribution in [0, 0.1) is 18.8 Å². The molecule has 3 aromatic carbocycles. The summed E-state index contributed by atoms with van der Waals surface area (Å²) in [6, 6.07) is 20.1. The molecule has 0 amide bonds. The molecule has 5 nitrogen and oxygen atoms in total. The lowest BCUT2D eigenvalue weighted by molar-refractivity contribution is 0.192. The Morgan fingerprint density at radius 2 is 1.76 bits per heavy atom. The van der Waals surface area contributed by atoms with E-state index in [4.69, 9.17) is 0 Å². The van der Waals surface area contributed by atoms with Gasteiger partial charge in [-0.3, -0.25) is 9.36 Å². The van der Waals surface area contributed by atoms with Gasteiger partial charge in [-0.2, -0.15) is 0 Å². The number of nitrogens with one attached hydrogen (secondary N) is 1. The molecule has 174 valence electrons. The molecule has 1 saturated heterocycles. The van der Waals surface area contributed by atoms with Gasteiger partial charge in [0.2, 0.25) is 5.95 Å². The van der Waals surface area contributed by atoms with Crippen molar-refractivity contribution in [2.75, 3.05) is 32.0 Å². The Morgan fingerprint density at radius 1 is 1.03 bits per heavy atom. The highest BCUT2D eigenvalue weighted by Crippen LogP contribution is 2.53. The van der Waals surface area contributed by atoms with E-state index in [9.17, 15) is 4.79 Å². The Kier molecular flexibility index (Phi) is 5.18. The maximum absolute atomic E-state index is 12.8. The van der Waals surface area contributed by atoms with Crippen molar-refractivity contribution in [2.45, 2.75) is 25.7 Å². The lowest BCUT2D eigenvalue weighted by Crippen LogP contribution is -2.33. The number of rotatable bonds is 5. The first-order valence-electron chi connectivity index (χ1n) is 12.4. The molecule has 4 aromatic rings. The zero-order valence-corrected chi connectivity index (χ0v) is 20.2. The van der Waals surface area contributed by atoms with Crippen LogP contribution in [0.1, 0.15) is 29.2 Å². The third-order valence-electron chi connectivity index (χ3n) is 8.33. The van der Waals surface area contributed by atoms with Crippen molar-refractivity contribution in [3.63, 3.8) is 0 Å². The second-order valence-corrected chi connectivity index (χ2v) is 10.1. The molecule has 5 heteroatoms. The molecule has 34 heavy (non-hydrogen) atoms. The van der Waals surface area contributed by atoms with E-state index in [1.165, 1.54) is 33.5 Å². The van der Waals surface area contributed by atoms with Crippen molar-refractivity contribution in [2.24, 2.45) is 18.9 Å². The molecule has 3 unspecified atom stereocenters. The number of anilines is 1. The van der Waals surface area contributed by atoms with E-state index in [0.29, 0.717) is 17.8 Å². The molecule has 1 aliphatic heterocycles. The van der Waals surface area contributed by atoms with Crippen LogP contribution in [0.15, 0.2) is 59.4 Å². The third-order valence-corrected chi connectivity index (χ3v) is 8.33. The molecule has 2 fully saturated rings. The van der Waals surface area contributed by atoms with Gasteiger partial charge in [-0.25, -0.2) is 4.98 Å². The van der Waals surface area contributed by atoms with Gasteiger partial charge in [-0.15, -0.1) is 0 Å². The molecule has 2 heterocycles. The Balaban J connectivity index is 1.22. The van der Waals surface area contributed by atoms with Crippen LogP contribution in [0.2, 0.25) is 0 Å². The van der Waals surface area contributed by atoms with Crippen LogP contribution in [0.3, 0.4) is 0 Å². The highest BCUT2D eigenvalue weighted by atomic mass is 16.1. The fourth-order valence-electron chi connectivity index (χ4n) is 6.47. The summed E-state index contributed by atoms with van der Waals surface area (Å²) in [5, 5.41) is 8.49. The van der Waals surface area contributed by atoms with Gasteiger partial charge in [0.1, 0.15) is 0 Å². The van der Waals surface area contributed by atoms with Gasteiger partial charge in [0.25, 0.3) is 5.56 Å². The number of aryl methyl sites for hydroxylation is 1. The fourth-order valence-corrected chi connectivity index (χ4v) is 6.47. The Labute approximate surface area is 200 Å². The number of hydrogen-bond acceptors (Lipinski definition) is 4. The van der Waals surface area contributed by atoms with Gasteiger partial charge in [0.05, 0.1) is 0 Å². The third kappa shape index (κ3) is 3.33. The summed E-state index contributed by atoms with van der Waals surface area (Å²) >= 11 is 0. The van der Waals surface area contributed by atoms with E-state index in [-0.39, 0.29) is 5.56 Å². The van der Waals surface area contributed by atoms with Crippen molar-refractivity contribution in [3.8, 4) is 0 Å². The van der Waals surface area contributed by atoms with Crippen LogP contribution in [0.5, 0.6) is 0 Å². The van der Waals surface area contributed by atoms with Gasteiger partial charge in [0.15, 0.2) is 0 Å². The molecule has 6 rings (SSSR count). The number of nitrogens with zero attached hydrogens (tertiary/aromatic N) is 3. The minimum atomic E-state index is 0.0690. The molecule has 1 saturated carbocycles. The summed E-state index contributed by atoms with van der Waals surface area (Å²) in [6.07, 6.45) is 2.03. The van der Waals surface area contributed by atoms with E-state index in [1.54, 1.807) is 18.7 Å². The number of benzene rings is 3. The van der Waals surface area contributed by atoms with Crippen molar-refractivity contribution in [3.05, 3.63) is 81.8 Å². The topological polar surface area (TPSA) is 50.2 Å². The minimum Gasteiger partial charge on any atom is -0.359 e. The minimum absolute atomic E-state index is 0.0690. The SMILES string of the molecule is CNc1nc(C)c(CCN2CC3CC(c4cc5ccccc5c5ccccc45)C3C2)c(=O)n1C. The van der Waals surface area contributed by atoms with Crippen LogP contribution in [0.4, 0.5) is 5.95 Å². The largest absolute Gasteiger partial charge is 0.359 e. The normalized spacial score (nSPS) is 22.1. The number of aromatic nitrogens is 2. The standard InChI is InChI=1S/C29H32N4O/c1-18-21(28(34)32(3)29(30-2)31-18)12-13-33-16-20-15-26(27(20)17-33)25-14-19-8-4-5-9-22(19)23-10-6-7-11-24(23)25/h4-11,14,20,26-27H,12-13,15-17H2,1-3H3,(H,30,31). The first-order chi connectivity index (χ1) is 16.5. The van der Waals surface area contributed by atoms with E-state index in [1.807, 2.05) is 6.92 Å². The predicted molar refractivity (Wildman–Crippen MR) is 140 cm³/mol. The predicted octanol–water partition coefficient (Wildman–Crippen LogP) is 4.71. The molecule has 0 radical (unpaired) electrons. The summed E-state index contributed by atoms with van der Waals surface area (Å²) in [5.74, 6) is 2.72. The van der Waals surface area contributed by atoms with E-state index in [0.717, 1.165) is 43.2 Å². The van der Waals surface area contributed by atoms with E-state index >= 15 is 0 Å². The first-order valence-corrected chi connectivity index (χ1v) is 12.4. The molecule has 0 bridgehead atoms. The van der Waals surface area contributed by atoms with E-state index < -0.39 is 0 Å². The summed E-state index contributed by atoms with van der Waals surface area (Å²) in [4.78, 5) is 20.0. The van der Waals surface area contributed by atoms with Crippen LogP contribution < -0.4 is 10.9 Å². The monoisotopic (exact) mass is 452 g/mol. The molecule has 0 spiro atoms. The number of hydrogen-bond donors (Lipinski definition) is 1.